The number of imidazole rings is 1. The van der Waals surface area contributed by atoms with E-state index in [1.54, 1.807) is 0 Å². The van der Waals surface area contributed by atoms with Crippen molar-refractivity contribution in [3.8, 4) is 0 Å². The highest BCUT2D eigenvalue weighted by Crippen LogP contribution is 2.22. The molecular formula is C18H41N2O3Si3+. The molecule has 0 bridgehead atoms. The molecule has 0 saturated heterocycles. The maximum absolute atomic E-state index is 6.37. The molecule has 0 radical (unpaired) electrons. The monoisotopic (exact) mass is 417 g/mol. The smallest absolute Gasteiger partial charge is 0.417 e. The first-order valence-electron chi connectivity index (χ1n) is 10.0. The van der Waals surface area contributed by atoms with Crippen molar-refractivity contribution in [2.45, 2.75) is 91.5 Å². The number of unbranched alkanes of at least 4 members (excludes halogenated alkanes) is 2. The Morgan fingerprint density at radius 2 is 1.50 bits per heavy atom. The third-order valence-corrected chi connectivity index (χ3v) is 12.3. The van der Waals surface area contributed by atoms with Crippen LogP contribution in [0, 0.1) is 0 Å². The van der Waals surface area contributed by atoms with Crippen molar-refractivity contribution in [3.05, 3.63) is 18.7 Å². The fraction of sp³-hybridized carbons (Fsp3) is 0.833. The second-order valence-electron chi connectivity index (χ2n) is 9.09. The number of rotatable bonds is 13. The Hall–Kier alpha value is -0.259. The number of hydrogen-bond acceptors (Lipinski definition) is 3. The summed E-state index contributed by atoms with van der Waals surface area (Å²) < 4.78 is 23.5. The standard InChI is InChI=1S/C18H41N2O3Si3/c1-9-10-13-19-15-16-20(18-19)14-11-12-17-21-26(8,22-24(2,3)4)23-25(5,6)7/h15-16,18H,9-14,17H2,1-8H3/q+1. The van der Waals surface area contributed by atoms with Crippen LogP contribution in [0.25, 0.3) is 0 Å². The van der Waals surface area contributed by atoms with Gasteiger partial charge < -0.3 is 12.7 Å². The highest BCUT2D eigenvalue weighted by molar-refractivity contribution is 6.85. The van der Waals surface area contributed by atoms with E-state index in [1.165, 1.54) is 12.8 Å². The Morgan fingerprint density at radius 1 is 0.885 bits per heavy atom. The first kappa shape index (κ1) is 23.8. The van der Waals surface area contributed by atoms with E-state index in [-0.39, 0.29) is 0 Å². The van der Waals surface area contributed by atoms with E-state index >= 15 is 0 Å². The lowest BCUT2D eigenvalue weighted by atomic mass is 10.3. The third kappa shape index (κ3) is 10.8. The Labute approximate surface area is 164 Å². The summed E-state index contributed by atoms with van der Waals surface area (Å²) in [6, 6.07) is 0. The zero-order chi connectivity index (χ0) is 19.8. The zero-order valence-electron chi connectivity index (χ0n) is 18.3. The average molecular weight is 418 g/mol. The van der Waals surface area contributed by atoms with Gasteiger partial charge in [-0.25, -0.2) is 9.13 Å². The van der Waals surface area contributed by atoms with Gasteiger partial charge in [-0.2, -0.15) is 0 Å². The minimum absolute atomic E-state index is 0.717. The summed E-state index contributed by atoms with van der Waals surface area (Å²) in [5.74, 6) is 0. The Morgan fingerprint density at radius 3 is 2.04 bits per heavy atom. The van der Waals surface area contributed by atoms with Gasteiger partial charge in [0, 0.05) is 13.2 Å². The second kappa shape index (κ2) is 10.3. The molecule has 1 heterocycles. The summed E-state index contributed by atoms with van der Waals surface area (Å²) in [5, 5.41) is 0. The van der Waals surface area contributed by atoms with E-state index in [9.17, 15) is 0 Å². The molecule has 0 unspecified atom stereocenters. The molecular weight excluding hydrogens is 376 g/mol. The van der Waals surface area contributed by atoms with E-state index in [0.717, 1.165) is 32.5 Å². The van der Waals surface area contributed by atoms with Crippen molar-refractivity contribution in [2.75, 3.05) is 6.61 Å². The number of aromatic nitrogens is 2. The van der Waals surface area contributed by atoms with Crippen molar-refractivity contribution in [2.24, 2.45) is 0 Å². The van der Waals surface area contributed by atoms with Gasteiger partial charge in [-0.1, -0.05) is 13.3 Å². The zero-order valence-corrected chi connectivity index (χ0v) is 21.3. The largest absolute Gasteiger partial charge is 0.476 e. The van der Waals surface area contributed by atoms with Crippen LogP contribution >= 0.6 is 0 Å². The molecule has 1 rings (SSSR count). The molecule has 0 amide bonds. The summed E-state index contributed by atoms with van der Waals surface area (Å²) in [6.45, 7) is 20.4. The van der Waals surface area contributed by atoms with Crippen LogP contribution in [-0.2, 0) is 25.7 Å². The normalized spacial score (nSPS) is 13.4. The van der Waals surface area contributed by atoms with E-state index in [1.807, 2.05) is 0 Å². The highest BCUT2D eigenvalue weighted by Gasteiger charge is 2.42. The Kier molecular flexibility index (Phi) is 9.45. The summed E-state index contributed by atoms with van der Waals surface area (Å²) in [4.78, 5) is 0. The van der Waals surface area contributed by atoms with Crippen LogP contribution in [0.5, 0.6) is 0 Å². The summed E-state index contributed by atoms with van der Waals surface area (Å²) >= 11 is 0. The first-order chi connectivity index (χ1) is 11.9. The van der Waals surface area contributed by atoms with Gasteiger partial charge in [0.1, 0.15) is 12.4 Å². The van der Waals surface area contributed by atoms with E-state index < -0.39 is 25.4 Å². The topological polar surface area (TPSA) is 36.5 Å². The van der Waals surface area contributed by atoms with Crippen LogP contribution in [0.15, 0.2) is 18.7 Å². The van der Waals surface area contributed by atoms with E-state index in [2.05, 4.69) is 80.6 Å². The molecule has 26 heavy (non-hydrogen) atoms. The highest BCUT2D eigenvalue weighted by atomic mass is 28.5. The lowest BCUT2D eigenvalue weighted by molar-refractivity contribution is -0.696. The molecule has 0 aromatic carbocycles. The van der Waals surface area contributed by atoms with Crippen LogP contribution < -0.4 is 4.57 Å². The van der Waals surface area contributed by atoms with Crippen LogP contribution in [0.2, 0.25) is 45.8 Å². The van der Waals surface area contributed by atoms with Gasteiger partial charge in [0.05, 0.1) is 13.1 Å². The van der Waals surface area contributed by atoms with Gasteiger partial charge in [-0.05, 0) is 58.5 Å². The number of hydrogen-bond donors (Lipinski definition) is 0. The molecule has 0 aliphatic rings. The van der Waals surface area contributed by atoms with E-state index in [4.69, 9.17) is 12.7 Å². The van der Waals surface area contributed by atoms with Gasteiger partial charge in [0.2, 0.25) is 6.33 Å². The predicted octanol–water partition coefficient (Wildman–Crippen LogP) is 4.64. The lowest BCUT2D eigenvalue weighted by Crippen LogP contribution is -2.54. The summed E-state index contributed by atoms with van der Waals surface area (Å²) in [5.41, 5.74) is 0. The van der Waals surface area contributed by atoms with Gasteiger partial charge in [-0.3, -0.25) is 0 Å². The van der Waals surface area contributed by atoms with Crippen molar-refractivity contribution in [1.29, 1.82) is 0 Å². The number of nitrogens with zero attached hydrogens (tertiary/aromatic N) is 2. The summed E-state index contributed by atoms with van der Waals surface area (Å²) in [6.07, 6.45) is 11.1. The quantitative estimate of drug-likeness (QED) is 0.266. The molecule has 0 fully saturated rings. The molecule has 0 saturated carbocycles. The molecule has 0 aliphatic heterocycles. The molecule has 0 spiro atoms. The molecule has 1 aromatic heterocycles. The fourth-order valence-corrected chi connectivity index (χ4v) is 13.3. The van der Waals surface area contributed by atoms with Crippen molar-refractivity contribution in [1.82, 2.24) is 4.57 Å². The molecule has 0 N–H and O–H groups in total. The third-order valence-electron chi connectivity index (χ3n) is 3.67. The van der Waals surface area contributed by atoms with Gasteiger partial charge >= 0.3 is 8.80 Å². The SMILES string of the molecule is CCCCn1cc[n+](CCCCO[Si](C)(O[Si](C)(C)C)O[Si](C)(C)C)c1. The van der Waals surface area contributed by atoms with Crippen LogP contribution in [0.1, 0.15) is 32.6 Å². The molecule has 0 atom stereocenters. The van der Waals surface area contributed by atoms with Crippen LogP contribution in [0.4, 0.5) is 0 Å². The van der Waals surface area contributed by atoms with Crippen LogP contribution in [0.3, 0.4) is 0 Å². The molecule has 5 nitrogen and oxygen atoms in total. The van der Waals surface area contributed by atoms with Gasteiger partial charge in [0.25, 0.3) is 0 Å². The molecule has 8 heteroatoms. The van der Waals surface area contributed by atoms with Gasteiger partial charge in [0.15, 0.2) is 16.6 Å². The van der Waals surface area contributed by atoms with Crippen molar-refractivity contribution >= 4 is 25.4 Å². The maximum atomic E-state index is 6.37. The molecule has 152 valence electrons. The van der Waals surface area contributed by atoms with Crippen LogP contribution in [-0.4, -0.2) is 36.6 Å². The maximum Gasteiger partial charge on any atom is 0.476 e. The minimum atomic E-state index is -2.55. The van der Waals surface area contributed by atoms with Gasteiger partial charge in [-0.15, -0.1) is 0 Å². The lowest BCUT2D eigenvalue weighted by Gasteiger charge is -2.37. The average Bonchev–Trinajstić information content (AvgIpc) is 2.88. The first-order valence-corrected chi connectivity index (χ1v) is 19.1. The molecule has 1 aromatic rings. The number of aryl methyl sites for hydroxylation is 2. The Balaban J connectivity index is 2.41. The Bertz CT molecular complexity index is 508. The fourth-order valence-electron chi connectivity index (χ4n) is 2.89. The summed E-state index contributed by atoms with van der Waals surface area (Å²) in [7, 11) is -5.94. The predicted molar refractivity (Wildman–Crippen MR) is 115 cm³/mol. The second-order valence-corrected chi connectivity index (χ2v) is 21.2. The van der Waals surface area contributed by atoms with Crippen molar-refractivity contribution < 1.29 is 17.2 Å². The van der Waals surface area contributed by atoms with E-state index in [0.29, 0.717) is 0 Å². The molecule has 0 aliphatic carbocycles. The van der Waals surface area contributed by atoms with Crippen molar-refractivity contribution in [3.63, 3.8) is 0 Å². The minimum Gasteiger partial charge on any atom is -0.417 e.